The quantitative estimate of drug-likeness (QED) is 0.679. The summed E-state index contributed by atoms with van der Waals surface area (Å²) in [5.74, 6) is 0.0330. The molecule has 16 heavy (non-hydrogen) atoms. The summed E-state index contributed by atoms with van der Waals surface area (Å²) in [6, 6.07) is 5.23. The maximum atomic E-state index is 12.2. The molecule has 0 saturated carbocycles. The van der Waals surface area contributed by atoms with E-state index in [4.69, 9.17) is 5.73 Å². The standard InChI is InChI=1S/C12H10BrNOS/c1-7-5-16-6-10(7)12(15)9-3-2-8(14)4-11(9)13/h2-6H,14H2,1H3. The average Bonchev–Trinajstić information content (AvgIpc) is 2.63. The van der Waals surface area contributed by atoms with Crippen molar-refractivity contribution in [2.45, 2.75) is 6.92 Å². The third kappa shape index (κ3) is 2.03. The molecular weight excluding hydrogens is 286 g/mol. The molecule has 0 fully saturated rings. The number of carbonyl (C=O) groups excluding carboxylic acids is 1. The third-order valence-corrected chi connectivity index (χ3v) is 3.86. The molecule has 0 unspecified atom stereocenters. The molecule has 1 aromatic carbocycles. The van der Waals surface area contributed by atoms with Crippen LogP contribution >= 0.6 is 27.3 Å². The summed E-state index contributed by atoms with van der Waals surface area (Å²) in [6.07, 6.45) is 0. The number of nitrogen functional groups attached to an aromatic ring is 1. The second-order valence-electron chi connectivity index (χ2n) is 3.54. The zero-order valence-electron chi connectivity index (χ0n) is 8.66. The van der Waals surface area contributed by atoms with Gasteiger partial charge in [0.1, 0.15) is 0 Å². The van der Waals surface area contributed by atoms with Crippen LogP contribution in [0.25, 0.3) is 0 Å². The lowest BCUT2D eigenvalue weighted by Crippen LogP contribution is -2.03. The molecule has 4 heteroatoms. The minimum Gasteiger partial charge on any atom is -0.399 e. The summed E-state index contributed by atoms with van der Waals surface area (Å²) >= 11 is 4.90. The Balaban J connectivity index is 2.46. The maximum absolute atomic E-state index is 12.2. The zero-order valence-corrected chi connectivity index (χ0v) is 11.1. The van der Waals surface area contributed by atoms with Gasteiger partial charge < -0.3 is 5.73 Å². The van der Waals surface area contributed by atoms with E-state index in [9.17, 15) is 4.79 Å². The van der Waals surface area contributed by atoms with Crippen LogP contribution in [-0.2, 0) is 0 Å². The summed E-state index contributed by atoms with van der Waals surface area (Å²) in [6.45, 7) is 1.94. The first-order valence-electron chi connectivity index (χ1n) is 4.72. The first-order chi connectivity index (χ1) is 7.59. The van der Waals surface area contributed by atoms with Gasteiger partial charge in [-0.1, -0.05) is 0 Å². The summed E-state index contributed by atoms with van der Waals surface area (Å²) in [5, 5.41) is 3.85. The lowest BCUT2D eigenvalue weighted by atomic mass is 10.0. The van der Waals surface area contributed by atoms with E-state index in [1.165, 1.54) is 11.3 Å². The van der Waals surface area contributed by atoms with Crippen molar-refractivity contribution in [1.82, 2.24) is 0 Å². The van der Waals surface area contributed by atoms with Gasteiger partial charge in [-0.2, -0.15) is 11.3 Å². The molecular formula is C12H10BrNOS. The molecule has 2 N–H and O–H groups in total. The van der Waals surface area contributed by atoms with E-state index in [2.05, 4.69) is 15.9 Å². The number of ketones is 1. The summed E-state index contributed by atoms with van der Waals surface area (Å²) in [7, 11) is 0. The Morgan fingerprint density at radius 3 is 2.62 bits per heavy atom. The van der Waals surface area contributed by atoms with Crippen molar-refractivity contribution in [1.29, 1.82) is 0 Å². The molecule has 82 valence electrons. The Bertz CT molecular complexity index is 548. The van der Waals surface area contributed by atoms with E-state index < -0.39 is 0 Å². The Morgan fingerprint density at radius 2 is 2.06 bits per heavy atom. The van der Waals surface area contributed by atoms with E-state index in [0.29, 0.717) is 11.3 Å². The summed E-state index contributed by atoms with van der Waals surface area (Å²) in [4.78, 5) is 12.2. The van der Waals surface area contributed by atoms with Crippen LogP contribution in [-0.4, -0.2) is 5.78 Å². The second kappa shape index (κ2) is 4.39. The van der Waals surface area contributed by atoms with Crippen LogP contribution < -0.4 is 5.73 Å². The van der Waals surface area contributed by atoms with Crippen LogP contribution in [0.4, 0.5) is 5.69 Å². The fourth-order valence-electron chi connectivity index (χ4n) is 1.45. The highest BCUT2D eigenvalue weighted by atomic mass is 79.9. The van der Waals surface area contributed by atoms with E-state index in [1.54, 1.807) is 18.2 Å². The molecule has 0 aliphatic rings. The van der Waals surface area contributed by atoms with E-state index in [0.717, 1.165) is 15.6 Å². The van der Waals surface area contributed by atoms with E-state index >= 15 is 0 Å². The van der Waals surface area contributed by atoms with Crippen LogP contribution in [0, 0.1) is 6.92 Å². The van der Waals surface area contributed by atoms with Crippen LogP contribution in [0.1, 0.15) is 21.5 Å². The topological polar surface area (TPSA) is 43.1 Å². The van der Waals surface area contributed by atoms with Crippen molar-refractivity contribution < 1.29 is 4.79 Å². The van der Waals surface area contributed by atoms with E-state index in [-0.39, 0.29) is 5.78 Å². The lowest BCUT2D eigenvalue weighted by Gasteiger charge is -2.04. The third-order valence-electron chi connectivity index (χ3n) is 2.34. The molecule has 0 bridgehead atoms. The van der Waals surface area contributed by atoms with Crippen molar-refractivity contribution in [3.8, 4) is 0 Å². The molecule has 2 aromatic rings. The van der Waals surface area contributed by atoms with Crippen LogP contribution in [0.15, 0.2) is 33.4 Å². The van der Waals surface area contributed by atoms with Crippen molar-refractivity contribution in [2.75, 3.05) is 5.73 Å². The highest BCUT2D eigenvalue weighted by molar-refractivity contribution is 9.10. The molecule has 0 radical (unpaired) electrons. The van der Waals surface area contributed by atoms with Gasteiger partial charge in [-0.25, -0.2) is 0 Å². The van der Waals surface area contributed by atoms with Gasteiger partial charge in [-0.15, -0.1) is 0 Å². The monoisotopic (exact) mass is 295 g/mol. The Labute approximate surface area is 106 Å². The zero-order chi connectivity index (χ0) is 11.7. The molecule has 1 aromatic heterocycles. The number of carbonyl (C=O) groups is 1. The Kier molecular flexibility index (Phi) is 3.12. The van der Waals surface area contributed by atoms with Crippen LogP contribution in [0.3, 0.4) is 0 Å². The van der Waals surface area contributed by atoms with Crippen molar-refractivity contribution >= 4 is 38.7 Å². The number of rotatable bonds is 2. The number of aryl methyl sites for hydroxylation is 1. The van der Waals surface area contributed by atoms with Crippen molar-refractivity contribution in [2.24, 2.45) is 0 Å². The van der Waals surface area contributed by atoms with Crippen molar-refractivity contribution in [3.05, 3.63) is 50.1 Å². The smallest absolute Gasteiger partial charge is 0.195 e. The second-order valence-corrected chi connectivity index (χ2v) is 5.13. The molecule has 0 aliphatic heterocycles. The van der Waals surface area contributed by atoms with Gasteiger partial charge in [-0.3, -0.25) is 4.79 Å². The van der Waals surface area contributed by atoms with E-state index in [1.807, 2.05) is 17.7 Å². The molecule has 1 heterocycles. The van der Waals surface area contributed by atoms with Gasteiger partial charge >= 0.3 is 0 Å². The average molecular weight is 296 g/mol. The molecule has 2 rings (SSSR count). The molecule has 2 nitrogen and oxygen atoms in total. The van der Waals surface area contributed by atoms with Gasteiger partial charge in [0.15, 0.2) is 5.78 Å². The van der Waals surface area contributed by atoms with Gasteiger partial charge in [0.2, 0.25) is 0 Å². The Hall–Kier alpha value is -1.13. The highest BCUT2D eigenvalue weighted by Crippen LogP contribution is 2.25. The SMILES string of the molecule is Cc1cscc1C(=O)c1ccc(N)cc1Br. The molecule has 0 saturated heterocycles. The predicted octanol–water partition coefficient (Wildman–Crippen LogP) is 3.63. The number of thiophene rings is 1. The fourth-order valence-corrected chi connectivity index (χ4v) is 2.86. The van der Waals surface area contributed by atoms with Crippen LogP contribution in [0.5, 0.6) is 0 Å². The minimum absolute atomic E-state index is 0.0330. The van der Waals surface area contributed by atoms with Gasteiger partial charge in [0.25, 0.3) is 0 Å². The summed E-state index contributed by atoms with van der Waals surface area (Å²) < 4.78 is 0.739. The fraction of sp³-hybridized carbons (Fsp3) is 0.0833. The first-order valence-corrected chi connectivity index (χ1v) is 6.45. The minimum atomic E-state index is 0.0330. The maximum Gasteiger partial charge on any atom is 0.195 e. The predicted molar refractivity (Wildman–Crippen MR) is 71.0 cm³/mol. The summed E-state index contributed by atoms with van der Waals surface area (Å²) in [5.41, 5.74) is 8.70. The number of benzene rings is 1. The number of nitrogens with two attached hydrogens (primary N) is 1. The highest BCUT2D eigenvalue weighted by Gasteiger charge is 2.15. The lowest BCUT2D eigenvalue weighted by molar-refractivity contribution is 0.103. The molecule has 0 atom stereocenters. The Morgan fingerprint density at radius 1 is 1.31 bits per heavy atom. The molecule has 0 aliphatic carbocycles. The van der Waals surface area contributed by atoms with Gasteiger partial charge in [0.05, 0.1) is 0 Å². The van der Waals surface area contributed by atoms with Crippen LogP contribution in [0.2, 0.25) is 0 Å². The number of hydrogen-bond donors (Lipinski definition) is 1. The molecule has 0 spiro atoms. The first kappa shape index (κ1) is 11.4. The van der Waals surface area contributed by atoms with Crippen molar-refractivity contribution in [3.63, 3.8) is 0 Å². The molecule has 0 amide bonds. The number of anilines is 1. The van der Waals surface area contributed by atoms with Gasteiger partial charge in [-0.05, 0) is 52.0 Å². The number of hydrogen-bond acceptors (Lipinski definition) is 3. The number of halogens is 1. The largest absolute Gasteiger partial charge is 0.399 e. The van der Waals surface area contributed by atoms with Gasteiger partial charge in [0, 0.05) is 26.7 Å². The normalized spacial score (nSPS) is 10.4.